The first-order valence-corrected chi connectivity index (χ1v) is 8.49. The summed E-state index contributed by atoms with van der Waals surface area (Å²) in [4.78, 5) is 28.7. The summed E-state index contributed by atoms with van der Waals surface area (Å²) in [6.07, 6.45) is 1.91. The first kappa shape index (κ1) is 16.0. The van der Waals surface area contributed by atoms with E-state index in [0.717, 1.165) is 31.5 Å². The van der Waals surface area contributed by atoms with Gasteiger partial charge in [0.15, 0.2) is 0 Å². The van der Waals surface area contributed by atoms with Gasteiger partial charge in [0.2, 0.25) is 11.8 Å². The molecule has 23 heavy (non-hydrogen) atoms. The monoisotopic (exact) mass is 315 g/mol. The number of carbonyl (C=O) groups excluding carboxylic acids is 2. The number of amides is 2. The van der Waals surface area contributed by atoms with Crippen LogP contribution in [-0.2, 0) is 15.0 Å². The molecule has 0 unspecified atom stereocenters. The second-order valence-electron chi connectivity index (χ2n) is 6.47. The molecular formula is C18H25N3O2. The minimum Gasteiger partial charge on any atom is -0.355 e. The molecule has 0 spiro atoms. The molecule has 2 aliphatic rings. The number of hydrogen-bond acceptors (Lipinski definition) is 3. The Morgan fingerprint density at radius 3 is 2.30 bits per heavy atom. The summed E-state index contributed by atoms with van der Waals surface area (Å²) in [6.45, 7) is 5.99. The van der Waals surface area contributed by atoms with E-state index < -0.39 is 0 Å². The van der Waals surface area contributed by atoms with Crippen molar-refractivity contribution in [2.45, 2.75) is 25.2 Å². The van der Waals surface area contributed by atoms with Crippen LogP contribution in [-0.4, -0.2) is 60.9 Å². The van der Waals surface area contributed by atoms with E-state index in [1.807, 2.05) is 30.0 Å². The van der Waals surface area contributed by atoms with Crippen LogP contribution in [0.15, 0.2) is 30.3 Å². The highest BCUT2D eigenvalue weighted by Crippen LogP contribution is 2.49. The van der Waals surface area contributed by atoms with Gasteiger partial charge < -0.3 is 10.2 Å². The number of carbonyl (C=O) groups is 2. The summed E-state index contributed by atoms with van der Waals surface area (Å²) in [7, 11) is 0. The maximum atomic E-state index is 12.9. The molecule has 0 atom stereocenters. The average Bonchev–Trinajstić information content (AvgIpc) is 3.38. The van der Waals surface area contributed by atoms with Crippen LogP contribution in [0, 0.1) is 0 Å². The van der Waals surface area contributed by atoms with Crippen molar-refractivity contribution < 1.29 is 9.59 Å². The maximum absolute atomic E-state index is 12.9. The Balaban J connectivity index is 1.56. The maximum Gasteiger partial charge on any atom is 0.234 e. The standard InChI is InChI=1S/C18H25N3O2/c1-2-19-16(22)14-20-10-12-21(13-11-20)17(23)18(8-9-18)15-6-4-3-5-7-15/h3-7H,2,8-14H2,1H3,(H,19,22). The lowest BCUT2D eigenvalue weighted by molar-refractivity contribution is -0.136. The smallest absolute Gasteiger partial charge is 0.234 e. The molecule has 1 aromatic carbocycles. The van der Waals surface area contributed by atoms with Gasteiger partial charge in [-0.05, 0) is 25.3 Å². The second-order valence-corrected chi connectivity index (χ2v) is 6.47. The summed E-state index contributed by atoms with van der Waals surface area (Å²) in [5.41, 5.74) is 0.873. The number of nitrogens with one attached hydrogen (secondary N) is 1. The Morgan fingerprint density at radius 1 is 1.09 bits per heavy atom. The van der Waals surface area contributed by atoms with Gasteiger partial charge in [0.05, 0.1) is 12.0 Å². The van der Waals surface area contributed by atoms with Gasteiger partial charge in [0.1, 0.15) is 0 Å². The molecule has 1 aromatic rings. The minimum absolute atomic E-state index is 0.0650. The fourth-order valence-electron chi connectivity index (χ4n) is 3.38. The summed E-state index contributed by atoms with van der Waals surface area (Å²) < 4.78 is 0. The molecule has 1 saturated heterocycles. The van der Waals surface area contributed by atoms with E-state index >= 15 is 0 Å². The van der Waals surface area contributed by atoms with Crippen LogP contribution in [0.25, 0.3) is 0 Å². The van der Waals surface area contributed by atoms with Gasteiger partial charge in [0.25, 0.3) is 0 Å². The molecule has 0 aromatic heterocycles. The predicted octanol–water partition coefficient (Wildman–Crippen LogP) is 0.999. The van der Waals surface area contributed by atoms with Crippen molar-refractivity contribution in [1.82, 2.24) is 15.1 Å². The van der Waals surface area contributed by atoms with Crippen molar-refractivity contribution in [2.24, 2.45) is 0 Å². The molecule has 0 bridgehead atoms. The molecule has 5 nitrogen and oxygen atoms in total. The molecule has 124 valence electrons. The zero-order valence-electron chi connectivity index (χ0n) is 13.8. The van der Waals surface area contributed by atoms with E-state index in [4.69, 9.17) is 0 Å². The number of benzene rings is 1. The third kappa shape index (κ3) is 3.39. The summed E-state index contributed by atoms with van der Waals surface area (Å²) in [5, 5.41) is 2.82. The second kappa shape index (κ2) is 6.71. The van der Waals surface area contributed by atoms with Crippen LogP contribution >= 0.6 is 0 Å². The Kier molecular flexibility index (Phi) is 4.66. The molecular weight excluding hydrogens is 290 g/mol. The summed E-state index contributed by atoms with van der Waals surface area (Å²) in [5.74, 6) is 0.330. The zero-order chi connectivity index (χ0) is 16.3. The van der Waals surface area contributed by atoms with E-state index in [2.05, 4.69) is 22.3 Å². The summed E-state index contributed by atoms with van der Waals surface area (Å²) >= 11 is 0. The highest BCUT2D eigenvalue weighted by atomic mass is 16.2. The molecule has 1 saturated carbocycles. The Morgan fingerprint density at radius 2 is 1.74 bits per heavy atom. The molecule has 1 heterocycles. The van der Waals surface area contributed by atoms with E-state index in [1.165, 1.54) is 0 Å². The molecule has 2 fully saturated rings. The van der Waals surface area contributed by atoms with Gasteiger partial charge in [-0.1, -0.05) is 30.3 Å². The molecule has 5 heteroatoms. The quantitative estimate of drug-likeness (QED) is 0.882. The van der Waals surface area contributed by atoms with Gasteiger partial charge >= 0.3 is 0 Å². The topological polar surface area (TPSA) is 52.7 Å². The van der Waals surface area contributed by atoms with Gasteiger partial charge in [0, 0.05) is 32.7 Å². The molecule has 3 rings (SSSR count). The highest BCUT2D eigenvalue weighted by Gasteiger charge is 2.53. The molecule has 2 amide bonds. The van der Waals surface area contributed by atoms with Gasteiger partial charge in [-0.25, -0.2) is 0 Å². The van der Waals surface area contributed by atoms with Crippen LogP contribution in [0.5, 0.6) is 0 Å². The lowest BCUT2D eigenvalue weighted by atomic mass is 9.94. The Bertz CT molecular complexity index is 561. The molecule has 0 radical (unpaired) electrons. The Hall–Kier alpha value is -1.88. The van der Waals surface area contributed by atoms with Crippen molar-refractivity contribution in [1.29, 1.82) is 0 Å². The van der Waals surface area contributed by atoms with E-state index in [1.54, 1.807) is 0 Å². The largest absolute Gasteiger partial charge is 0.355 e. The van der Waals surface area contributed by atoms with E-state index in [-0.39, 0.29) is 17.2 Å². The molecule has 1 aliphatic heterocycles. The Labute approximate surface area is 137 Å². The summed E-state index contributed by atoms with van der Waals surface area (Å²) in [6, 6.07) is 10.1. The van der Waals surface area contributed by atoms with Crippen LogP contribution in [0.3, 0.4) is 0 Å². The molecule has 1 aliphatic carbocycles. The SMILES string of the molecule is CCNC(=O)CN1CCN(C(=O)C2(c3ccccc3)CC2)CC1. The number of rotatable bonds is 5. The first-order chi connectivity index (χ1) is 11.2. The third-order valence-electron chi connectivity index (χ3n) is 4.89. The van der Waals surface area contributed by atoms with Crippen molar-refractivity contribution in [2.75, 3.05) is 39.3 Å². The lowest BCUT2D eigenvalue weighted by Crippen LogP contribution is -2.53. The minimum atomic E-state index is -0.275. The van der Waals surface area contributed by atoms with Gasteiger partial charge in [-0.15, -0.1) is 0 Å². The van der Waals surface area contributed by atoms with E-state index in [0.29, 0.717) is 26.2 Å². The third-order valence-corrected chi connectivity index (χ3v) is 4.89. The van der Waals surface area contributed by atoms with E-state index in [9.17, 15) is 9.59 Å². The molecule has 1 N–H and O–H groups in total. The normalized spacial score (nSPS) is 20.1. The average molecular weight is 315 g/mol. The predicted molar refractivity (Wildman–Crippen MR) is 89.1 cm³/mol. The van der Waals surface area contributed by atoms with Crippen molar-refractivity contribution in [3.63, 3.8) is 0 Å². The van der Waals surface area contributed by atoms with Crippen LogP contribution in [0.2, 0.25) is 0 Å². The zero-order valence-corrected chi connectivity index (χ0v) is 13.8. The van der Waals surface area contributed by atoms with Crippen molar-refractivity contribution >= 4 is 11.8 Å². The van der Waals surface area contributed by atoms with Crippen molar-refractivity contribution in [3.05, 3.63) is 35.9 Å². The van der Waals surface area contributed by atoms with Crippen LogP contribution in [0.1, 0.15) is 25.3 Å². The number of piperazine rings is 1. The number of nitrogens with zero attached hydrogens (tertiary/aromatic N) is 2. The van der Waals surface area contributed by atoms with Crippen molar-refractivity contribution in [3.8, 4) is 0 Å². The van der Waals surface area contributed by atoms with Gasteiger partial charge in [-0.3, -0.25) is 14.5 Å². The fraction of sp³-hybridized carbons (Fsp3) is 0.556. The lowest BCUT2D eigenvalue weighted by Gasteiger charge is -2.36. The number of likely N-dealkylation sites (N-methyl/N-ethyl adjacent to an activating group) is 1. The van der Waals surface area contributed by atoms with Crippen LogP contribution in [0.4, 0.5) is 0 Å². The highest BCUT2D eigenvalue weighted by molar-refractivity contribution is 5.91. The van der Waals surface area contributed by atoms with Gasteiger partial charge in [-0.2, -0.15) is 0 Å². The first-order valence-electron chi connectivity index (χ1n) is 8.49. The fourth-order valence-corrected chi connectivity index (χ4v) is 3.38. The number of hydrogen-bond donors (Lipinski definition) is 1. The van der Waals surface area contributed by atoms with Crippen LogP contribution < -0.4 is 5.32 Å².